The zero-order valence-corrected chi connectivity index (χ0v) is 10.3. The Morgan fingerprint density at radius 1 is 1.65 bits per heavy atom. The van der Waals surface area contributed by atoms with E-state index in [1.165, 1.54) is 12.7 Å². The van der Waals surface area contributed by atoms with E-state index in [0.717, 1.165) is 19.3 Å². The van der Waals surface area contributed by atoms with E-state index in [1.54, 1.807) is 12.3 Å². The highest BCUT2D eigenvalue weighted by Crippen LogP contribution is 2.46. The summed E-state index contributed by atoms with van der Waals surface area (Å²) >= 11 is 0. The Bertz CT molecular complexity index is 357. The van der Waals surface area contributed by atoms with E-state index < -0.39 is 6.10 Å². The summed E-state index contributed by atoms with van der Waals surface area (Å²) < 4.78 is 0. The monoisotopic (exact) mass is 235 g/mol. The highest BCUT2D eigenvalue weighted by atomic mass is 16.3. The quantitative estimate of drug-likeness (QED) is 0.836. The molecule has 0 bridgehead atoms. The molecule has 4 heteroatoms. The van der Waals surface area contributed by atoms with Crippen LogP contribution in [-0.2, 0) is 0 Å². The second-order valence-corrected chi connectivity index (χ2v) is 5.30. The summed E-state index contributed by atoms with van der Waals surface area (Å²) in [5.74, 6) is 0.629. The summed E-state index contributed by atoms with van der Waals surface area (Å²) in [7, 11) is 0. The van der Waals surface area contributed by atoms with Crippen LogP contribution in [-0.4, -0.2) is 21.6 Å². The number of aliphatic hydroxyl groups is 1. The van der Waals surface area contributed by atoms with Crippen molar-refractivity contribution in [3.8, 4) is 0 Å². The van der Waals surface area contributed by atoms with Crippen LogP contribution in [0, 0.1) is 11.3 Å². The number of nitrogens with two attached hydrogens (primary N) is 1. The summed E-state index contributed by atoms with van der Waals surface area (Å²) in [5, 5.41) is 10.5. The normalized spacial score (nSPS) is 31.1. The van der Waals surface area contributed by atoms with Gasteiger partial charge in [0.25, 0.3) is 0 Å². The fourth-order valence-electron chi connectivity index (χ4n) is 3.02. The SMILES string of the molecule is CC1CCCC(CN)(C(O)c2ccncn2)C1. The molecule has 1 fully saturated rings. The van der Waals surface area contributed by atoms with Crippen LogP contribution in [0.5, 0.6) is 0 Å². The van der Waals surface area contributed by atoms with Crippen LogP contribution in [0.1, 0.15) is 44.4 Å². The highest BCUT2D eigenvalue weighted by Gasteiger charge is 2.41. The minimum absolute atomic E-state index is 0.202. The first-order chi connectivity index (χ1) is 8.18. The van der Waals surface area contributed by atoms with Crippen molar-refractivity contribution < 1.29 is 5.11 Å². The zero-order valence-electron chi connectivity index (χ0n) is 10.3. The van der Waals surface area contributed by atoms with Gasteiger partial charge in [-0.05, 0) is 24.8 Å². The molecule has 1 saturated carbocycles. The molecule has 94 valence electrons. The van der Waals surface area contributed by atoms with Gasteiger partial charge in [0.05, 0.1) is 5.69 Å². The lowest BCUT2D eigenvalue weighted by atomic mass is 9.66. The average molecular weight is 235 g/mol. The molecule has 1 aliphatic carbocycles. The number of aromatic nitrogens is 2. The van der Waals surface area contributed by atoms with E-state index >= 15 is 0 Å². The van der Waals surface area contributed by atoms with Crippen LogP contribution < -0.4 is 5.73 Å². The smallest absolute Gasteiger partial charge is 0.115 e. The van der Waals surface area contributed by atoms with Gasteiger partial charge in [-0.15, -0.1) is 0 Å². The molecule has 1 heterocycles. The largest absolute Gasteiger partial charge is 0.386 e. The fraction of sp³-hybridized carbons (Fsp3) is 0.692. The number of hydrogen-bond donors (Lipinski definition) is 2. The maximum atomic E-state index is 10.5. The Balaban J connectivity index is 2.23. The molecule has 0 spiro atoms. The molecule has 4 nitrogen and oxygen atoms in total. The van der Waals surface area contributed by atoms with Crippen molar-refractivity contribution >= 4 is 0 Å². The number of hydrogen-bond acceptors (Lipinski definition) is 4. The van der Waals surface area contributed by atoms with Gasteiger partial charge in [-0.3, -0.25) is 0 Å². The Kier molecular flexibility index (Phi) is 3.74. The molecule has 1 aromatic heterocycles. The molecule has 3 atom stereocenters. The molecule has 1 aromatic rings. The van der Waals surface area contributed by atoms with Crippen LogP contribution in [0.15, 0.2) is 18.6 Å². The van der Waals surface area contributed by atoms with Gasteiger partial charge in [-0.2, -0.15) is 0 Å². The first-order valence-corrected chi connectivity index (χ1v) is 6.32. The lowest BCUT2D eigenvalue weighted by Crippen LogP contribution is -2.41. The molecule has 0 aromatic carbocycles. The summed E-state index contributed by atoms with van der Waals surface area (Å²) in [6, 6.07) is 1.78. The molecule has 0 radical (unpaired) electrons. The van der Waals surface area contributed by atoms with Gasteiger partial charge in [0.15, 0.2) is 0 Å². The zero-order chi connectivity index (χ0) is 12.3. The van der Waals surface area contributed by atoms with Crippen LogP contribution in [0.2, 0.25) is 0 Å². The van der Waals surface area contributed by atoms with E-state index in [0.29, 0.717) is 18.2 Å². The molecule has 17 heavy (non-hydrogen) atoms. The molecule has 0 saturated heterocycles. The standard InChI is InChI=1S/C13H21N3O/c1-10-3-2-5-13(7-10,8-14)12(17)11-4-6-15-9-16-11/h4,6,9-10,12,17H,2-3,5,7-8,14H2,1H3. The maximum absolute atomic E-state index is 10.5. The van der Waals surface area contributed by atoms with Gasteiger partial charge in [-0.1, -0.05) is 19.8 Å². The third-order valence-corrected chi connectivity index (χ3v) is 4.00. The maximum Gasteiger partial charge on any atom is 0.115 e. The van der Waals surface area contributed by atoms with Crippen LogP contribution in [0.4, 0.5) is 0 Å². The average Bonchev–Trinajstić information content (AvgIpc) is 2.38. The van der Waals surface area contributed by atoms with Gasteiger partial charge in [0.2, 0.25) is 0 Å². The molecule has 2 rings (SSSR count). The van der Waals surface area contributed by atoms with E-state index in [1.807, 2.05) is 0 Å². The molecule has 0 aliphatic heterocycles. The number of aliphatic hydroxyl groups excluding tert-OH is 1. The van der Waals surface area contributed by atoms with Crippen molar-refractivity contribution in [2.45, 2.75) is 38.7 Å². The summed E-state index contributed by atoms with van der Waals surface area (Å²) in [4.78, 5) is 8.04. The third-order valence-electron chi connectivity index (χ3n) is 4.00. The van der Waals surface area contributed by atoms with Crippen LogP contribution in [0.25, 0.3) is 0 Å². The highest BCUT2D eigenvalue weighted by molar-refractivity contribution is 5.08. The van der Waals surface area contributed by atoms with Crippen molar-refractivity contribution in [3.05, 3.63) is 24.3 Å². The molecular weight excluding hydrogens is 214 g/mol. The van der Waals surface area contributed by atoms with E-state index in [4.69, 9.17) is 5.73 Å². The Morgan fingerprint density at radius 2 is 2.47 bits per heavy atom. The van der Waals surface area contributed by atoms with Crippen molar-refractivity contribution in [2.24, 2.45) is 17.1 Å². The van der Waals surface area contributed by atoms with Crippen LogP contribution >= 0.6 is 0 Å². The molecule has 3 unspecified atom stereocenters. The lowest BCUT2D eigenvalue weighted by Gasteiger charge is -2.42. The Labute approximate surface area is 102 Å². The first-order valence-electron chi connectivity index (χ1n) is 6.32. The Hall–Kier alpha value is -1.00. The molecule has 3 N–H and O–H groups in total. The van der Waals surface area contributed by atoms with Gasteiger partial charge in [-0.25, -0.2) is 9.97 Å². The van der Waals surface area contributed by atoms with Crippen molar-refractivity contribution in [1.29, 1.82) is 0 Å². The number of nitrogens with zero attached hydrogens (tertiary/aromatic N) is 2. The van der Waals surface area contributed by atoms with Gasteiger partial charge in [0, 0.05) is 18.2 Å². The van der Waals surface area contributed by atoms with Gasteiger partial charge < -0.3 is 10.8 Å². The van der Waals surface area contributed by atoms with Crippen molar-refractivity contribution in [1.82, 2.24) is 9.97 Å². The second-order valence-electron chi connectivity index (χ2n) is 5.30. The first kappa shape index (κ1) is 12.5. The Morgan fingerprint density at radius 3 is 3.06 bits per heavy atom. The van der Waals surface area contributed by atoms with E-state index in [9.17, 15) is 5.11 Å². The molecule has 1 aliphatic rings. The molecule has 0 amide bonds. The predicted octanol–water partition coefficient (Wildman–Crippen LogP) is 1.67. The summed E-state index contributed by atoms with van der Waals surface area (Å²) in [6.45, 7) is 2.75. The van der Waals surface area contributed by atoms with E-state index in [-0.39, 0.29) is 5.41 Å². The van der Waals surface area contributed by atoms with Gasteiger partial charge in [0.1, 0.15) is 12.4 Å². The van der Waals surface area contributed by atoms with Crippen LogP contribution in [0.3, 0.4) is 0 Å². The van der Waals surface area contributed by atoms with E-state index in [2.05, 4.69) is 16.9 Å². The lowest BCUT2D eigenvalue weighted by molar-refractivity contribution is -0.0157. The minimum atomic E-state index is -0.571. The predicted molar refractivity (Wildman–Crippen MR) is 66.1 cm³/mol. The number of rotatable bonds is 3. The minimum Gasteiger partial charge on any atom is -0.386 e. The fourth-order valence-corrected chi connectivity index (χ4v) is 3.02. The summed E-state index contributed by atoms with van der Waals surface area (Å²) in [6.07, 6.45) is 6.92. The topological polar surface area (TPSA) is 72.0 Å². The third kappa shape index (κ3) is 2.48. The van der Waals surface area contributed by atoms with Crippen molar-refractivity contribution in [3.63, 3.8) is 0 Å². The van der Waals surface area contributed by atoms with Gasteiger partial charge >= 0.3 is 0 Å². The second kappa shape index (κ2) is 5.10. The summed E-state index contributed by atoms with van der Waals surface area (Å²) in [5.41, 5.74) is 6.43. The molecular formula is C13H21N3O. The van der Waals surface area contributed by atoms with Crippen molar-refractivity contribution in [2.75, 3.05) is 6.54 Å².